The molecule has 5 N–H and O–H groups in total. The first kappa shape index (κ1) is 16.7. The second-order valence-electron chi connectivity index (χ2n) is 6.91. The highest BCUT2D eigenvalue weighted by Crippen LogP contribution is 2.38. The van der Waals surface area contributed by atoms with Gasteiger partial charge in [0.25, 0.3) is 5.91 Å². The van der Waals surface area contributed by atoms with E-state index in [1.165, 1.54) is 0 Å². The van der Waals surface area contributed by atoms with Gasteiger partial charge in [0.1, 0.15) is 22.8 Å². The monoisotopic (exact) mass is 356 g/mol. The number of hydrogen-bond acceptors (Lipinski definition) is 6. The van der Waals surface area contributed by atoms with Crippen molar-refractivity contribution in [3.8, 4) is 5.75 Å². The summed E-state index contributed by atoms with van der Waals surface area (Å²) < 4.78 is 7.88. The van der Waals surface area contributed by atoms with Crippen molar-refractivity contribution < 1.29 is 9.53 Å². The molecular formula is C18H24N6O2. The summed E-state index contributed by atoms with van der Waals surface area (Å²) in [6.45, 7) is 2.33. The minimum absolute atomic E-state index is 0.115. The minimum Gasteiger partial charge on any atom is -0.480 e. The van der Waals surface area contributed by atoms with E-state index in [1.807, 2.05) is 31.3 Å². The summed E-state index contributed by atoms with van der Waals surface area (Å²) >= 11 is 0. The van der Waals surface area contributed by atoms with Crippen molar-refractivity contribution in [1.82, 2.24) is 15.1 Å². The largest absolute Gasteiger partial charge is 0.480 e. The SMILES string of the molecule is CN1CC(c2nn([C@@H]3CCCNC3)c(N)c2C(N)=O)Oc2ccccc21. The average Bonchev–Trinajstić information content (AvgIpc) is 3.00. The number of anilines is 2. The Balaban J connectivity index is 1.73. The number of nitrogens with zero attached hydrogens (tertiary/aromatic N) is 3. The van der Waals surface area contributed by atoms with Crippen molar-refractivity contribution in [2.45, 2.75) is 25.0 Å². The van der Waals surface area contributed by atoms with Crippen LogP contribution in [0.15, 0.2) is 24.3 Å². The molecule has 0 aliphatic carbocycles. The van der Waals surface area contributed by atoms with Crippen molar-refractivity contribution in [3.05, 3.63) is 35.5 Å². The topological polar surface area (TPSA) is 111 Å². The highest BCUT2D eigenvalue weighted by Gasteiger charge is 2.34. The Morgan fingerprint density at radius 1 is 1.38 bits per heavy atom. The number of carbonyl (C=O) groups is 1. The quantitative estimate of drug-likeness (QED) is 0.758. The number of nitrogens with one attached hydrogen (secondary N) is 1. The van der Waals surface area contributed by atoms with Crippen molar-refractivity contribution in [2.75, 3.05) is 37.3 Å². The molecule has 1 unspecified atom stereocenters. The summed E-state index contributed by atoms with van der Waals surface area (Å²) in [5, 5.41) is 8.03. The molecule has 3 heterocycles. The lowest BCUT2D eigenvalue weighted by Gasteiger charge is -2.33. The third-order valence-corrected chi connectivity index (χ3v) is 5.13. The Morgan fingerprint density at radius 2 is 2.19 bits per heavy atom. The van der Waals surface area contributed by atoms with Crippen LogP contribution >= 0.6 is 0 Å². The molecule has 26 heavy (non-hydrogen) atoms. The van der Waals surface area contributed by atoms with Gasteiger partial charge in [-0.05, 0) is 31.5 Å². The Bertz CT molecular complexity index is 827. The third-order valence-electron chi connectivity index (χ3n) is 5.13. The molecule has 0 spiro atoms. The normalized spacial score (nSPS) is 22.6. The number of carbonyl (C=O) groups excluding carboxylic acids is 1. The van der Waals surface area contributed by atoms with Crippen LogP contribution in [0.1, 0.15) is 41.0 Å². The number of ether oxygens (including phenoxy) is 1. The van der Waals surface area contributed by atoms with E-state index in [2.05, 4.69) is 15.3 Å². The summed E-state index contributed by atoms with van der Waals surface area (Å²) in [5.74, 6) is 0.512. The summed E-state index contributed by atoms with van der Waals surface area (Å²) in [4.78, 5) is 14.2. The van der Waals surface area contributed by atoms with Gasteiger partial charge in [0.15, 0.2) is 6.10 Å². The number of benzene rings is 1. The van der Waals surface area contributed by atoms with Crippen LogP contribution in [-0.2, 0) is 0 Å². The molecule has 1 amide bonds. The first-order valence-electron chi connectivity index (χ1n) is 8.91. The highest BCUT2D eigenvalue weighted by molar-refractivity contribution is 5.98. The van der Waals surface area contributed by atoms with Crippen molar-refractivity contribution in [2.24, 2.45) is 5.73 Å². The van der Waals surface area contributed by atoms with E-state index < -0.39 is 12.0 Å². The van der Waals surface area contributed by atoms with Crippen molar-refractivity contribution in [1.29, 1.82) is 0 Å². The predicted molar refractivity (Wildman–Crippen MR) is 99.4 cm³/mol. The molecule has 0 bridgehead atoms. The summed E-state index contributed by atoms with van der Waals surface area (Å²) in [5.41, 5.74) is 13.7. The van der Waals surface area contributed by atoms with Crippen LogP contribution in [0.4, 0.5) is 11.5 Å². The Kier molecular flexibility index (Phi) is 4.20. The fourth-order valence-electron chi connectivity index (χ4n) is 3.82. The summed E-state index contributed by atoms with van der Waals surface area (Å²) in [6, 6.07) is 7.92. The number of nitrogen functional groups attached to an aromatic ring is 1. The second kappa shape index (κ2) is 6.53. The van der Waals surface area contributed by atoms with Gasteiger partial charge in [-0.3, -0.25) is 4.79 Å². The lowest BCUT2D eigenvalue weighted by molar-refractivity contribution is 0.0995. The smallest absolute Gasteiger partial charge is 0.254 e. The molecule has 1 aromatic heterocycles. The number of hydrogen-bond donors (Lipinski definition) is 3. The van der Waals surface area contributed by atoms with Gasteiger partial charge in [0.2, 0.25) is 0 Å². The molecule has 8 heteroatoms. The van der Waals surface area contributed by atoms with Crippen LogP contribution in [0.2, 0.25) is 0 Å². The number of fused-ring (bicyclic) bond motifs is 1. The van der Waals surface area contributed by atoms with Gasteiger partial charge in [-0.2, -0.15) is 5.10 Å². The third kappa shape index (κ3) is 2.76. The van der Waals surface area contributed by atoms with E-state index in [9.17, 15) is 4.79 Å². The molecule has 1 saturated heterocycles. The molecule has 0 radical (unpaired) electrons. The van der Waals surface area contributed by atoms with Crippen LogP contribution in [-0.4, -0.2) is 42.4 Å². The van der Waals surface area contributed by atoms with Gasteiger partial charge < -0.3 is 26.4 Å². The number of amides is 1. The van der Waals surface area contributed by atoms with E-state index in [1.54, 1.807) is 4.68 Å². The molecule has 2 aliphatic heterocycles. The van der Waals surface area contributed by atoms with Gasteiger partial charge in [-0.25, -0.2) is 4.68 Å². The summed E-state index contributed by atoms with van der Waals surface area (Å²) in [7, 11) is 1.99. The standard InChI is InChI=1S/C18H24N6O2/c1-23-10-14(26-13-7-3-2-6-12(13)23)16-15(18(20)25)17(19)24(22-16)11-5-4-8-21-9-11/h2-3,6-7,11,14,21H,4-5,8-10,19H2,1H3,(H2,20,25)/t11-,14?/m1/s1. The first-order valence-corrected chi connectivity index (χ1v) is 8.91. The number of para-hydroxylation sites is 2. The number of aromatic nitrogens is 2. The second-order valence-corrected chi connectivity index (χ2v) is 6.91. The van der Waals surface area contributed by atoms with Crippen LogP contribution in [0.5, 0.6) is 5.75 Å². The number of piperidine rings is 1. The zero-order valence-electron chi connectivity index (χ0n) is 14.8. The van der Waals surface area contributed by atoms with Crippen LogP contribution in [0.25, 0.3) is 0 Å². The number of likely N-dealkylation sites (N-methyl/N-ethyl adjacent to an activating group) is 1. The molecule has 1 aromatic carbocycles. The van der Waals surface area contributed by atoms with Crippen LogP contribution < -0.4 is 26.4 Å². The molecule has 8 nitrogen and oxygen atoms in total. The first-order chi connectivity index (χ1) is 12.6. The average molecular weight is 356 g/mol. The zero-order valence-corrected chi connectivity index (χ0v) is 14.8. The van der Waals surface area contributed by atoms with Crippen LogP contribution in [0.3, 0.4) is 0 Å². The fourth-order valence-corrected chi connectivity index (χ4v) is 3.82. The predicted octanol–water partition coefficient (Wildman–Crippen LogP) is 1.06. The van der Waals surface area contributed by atoms with Crippen molar-refractivity contribution in [3.63, 3.8) is 0 Å². The van der Waals surface area contributed by atoms with Gasteiger partial charge in [-0.15, -0.1) is 0 Å². The fraction of sp³-hybridized carbons (Fsp3) is 0.444. The van der Waals surface area contributed by atoms with Crippen LogP contribution in [0, 0.1) is 0 Å². The van der Waals surface area contributed by atoms with E-state index in [0.29, 0.717) is 18.1 Å². The molecule has 1 fully saturated rings. The van der Waals surface area contributed by atoms with Gasteiger partial charge in [0, 0.05) is 13.6 Å². The minimum atomic E-state index is -0.572. The molecule has 2 atom stereocenters. The Hall–Kier alpha value is -2.74. The maximum absolute atomic E-state index is 12.1. The van der Waals surface area contributed by atoms with E-state index in [0.717, 1.165) is 37.4 Å². The van der Waals surface area contributed by atoms with Gasteiger partial charge >= 0.3 is 0 Å². The highest BCUT2D eigenvalue weighted by atomic mass is 16.5. The van der Waals surface area contributed by atoms with E-state index in [-0.39, 0.29) is 11.6 Å². The Labute approximate surface area is 152 Å². The summed E-state index contributed by atoms with van der Waals surface area (Å²) in [6.07, 6.45) is 1.60. The molecule has 0 saturated carbocycles. The van der Waals surface area contributed by atoms with Crippen molar-refractivity contribution >= 4 is 17.4 Å². The molecule has 4 rings (SSSR count). The lowest BCUT2D eigenvalue weighted by Crippen LogP contribution is -2.34. The molecule has 2 aliphatic rings. The lowest BCUT2D eigenvalue weighted by atomic mass is 10.1. The Morgan fingerprint density at radius 3 is 2.92 bits per heavy atom. The van der Waals surface area contributed by atoms with Gasteiger partial charge in [0.05, 0.1) is 18.3 Å². The molecule has 138 valence electrons. The zero-order chi connectivity index (χ0) is 18.3. The molecular weight excluding hydrogens is 332 g/mol. The van der Waals surface area contributed by atoms with Gasteiger partial charge in [-0.1, -0.05) is 12.1 Å². The number of rotatable bonds is 3. The van der Waals surface area contributed by atoms with E-state index >= 15 is 0 Å². The number of primary amides is 1. The maximum Gasteiger partial charge on any atom is 0.254 e. The van der Waals surface area contributed by atoms with E-state index in [4.69, 9.17) is 16.2 Å². The molecule has 2 aromatic rings. The number of nitrogens with two attached hydrogens (primary N) is 2. The maximum atomic E-state index is 12.1.